The Kier molecular flexibility index (Phi) is 3.06. The molecule has 2 heterocycles. The Balaban J connectivity index is 2.21. The van der Waals surface area contributed by atoms with Crippen LogP contribution in [0.3, 0.4) is 0 Å². The largest absolute Gasteiger partial charge is 0.310 e. The molecule has 1 aliphatic rings. The van der Waals surface area contributed by atoms with Gasteiger partial charge in [-0.2, -0.15) is 0 Å². The zero-order chi connectivity index (χ0) is 13.5. The van der Waals surface area contributed by atoms with Crippen LogP contribution in [0.4, 0.5) is 0 Å². The van der Waals surface area contributed by atoms with Crippen LogP contribution < -0.4 is 5.32 Å². The van der Waals surface area contributed by atoms with Crippen LogP contribution in [-0.2, 0) is 5.41 Å². The fourth-order valence-corrected chi connectivity index (χ4v) is 2.90. The lowest BCUT2D eigenvalue weighted by molar-refractivity contribution is 0.586. The highest BCUT2D eigenvalue weighted by Gasteiger charge is 2.22. The van der Waals surface area contributed by atoms with Crippen molar-refractivity contribution in [1.82, 2.24) is 10.3 Å². The Labute approximate surface area is 115 Å². The average molecular weight is 254 g/mol. The van der Waals surface area contributed by atoms with Gasteiger partial charge in [0.2, 0.25) is 0 Å². The van der Waals surface area contributed by atoms with E-state index in [1.807, 2.05) is 12.4 Å². The maximum absolute atomic E-state index is 4.31. The van der Waals surface area contributed by atoms with Crippen molar-refractivity contribution in [1.29, 1.82) is 0 Å². The summed E-state index contributed by atoms with van der Waals surface area (Å²) >= 11 is 0. The van der Waals surface area contributed by atoms with E-state index in [2.05, 4.69) is 49.3 Å². The lowest BCUT2D eigenvalue weighted by atomic mass is 9.83. The van der Waals surface area contributed by atoms with Gasteiger partial charge in [0.15, 0.2) is 0 Å². The van der Waals surface area contributed by atoms with Gasteiger partial charge in [0.1, 0.15) is 0 Å². The average Bonchev–Trinajstić information content (AvgIpc) is 2.90. The minimum Gasteiger partial charge on any atom is -0.310 e. The Morgan fingerprint density at radius 2 is 2.11 bits per heavy atom. The molecule has 0 amide bonds. The number of nitrogens with zero attached hydrogens (tertiary/aromatic N) is 1. The monoisotopic (exact) mass is 254 g/mol. The van der Waals surface area contributed by atoms with Crippen molar-refractivity contribution in [3.05, 3.63) is 41.7 Å². The molecule has 100 valence electrons. The highest BCUT2D eigenvalue weighted by atomic mass is 14.9. The van der Waals surface area contributed by atoms with Gasteiger partial charge in [-0.25, -0.2) is 0 Å². The Bertz CT molecular complexity index is 590. The molecule has 1 N–H and O–H groups in total. The topological polar surface area (TPSA) is 24.9 Å². The highest BCUT2D eigenvalue weighted by Crippen LogP contribution is 2.34. The molecule has 2 aromatic rings. The first kappa shape index (κ1) is 12.6. The number of benzene rings is 1. The predicted molar refractivity (Wildman–Crippen MR) is 80.4 cm³/mol. The van der Waals surface area contributed by atoms with Crippen LogP contribution >= 0.6 is 0 Å². The Morgan fingerprint density at radius 3 is 2.79 bits per heavy atom. The quantitative estimate of drug-likeness (QED) is 0.833. The highest BCUT2D eigenvalue weighted by molar-refractivity contribution is 5.86. The maximum atomic E-state index is 4.31. The van der Waals surface area contributed by atoms with Gasteiger partial charge in [-0.15, -0.1) is 0 Å². The summed E-state index contributed by atoms with van der Waals surface area (Å²) < 4.78 is 0. The second-order valence-corrected chi connectivity index (χ2v) is 6.56. The van der Waals surface area contributed by atoms with Crippen molar-refractivity contribution in [2.24, 2.45) is 0 Å². The summed E-state index contributed by atoms with van der Waals surface area (Å²) in [6, 6.07) is 7.32. The smallest absolute Gasteiger partial charge is 0.0349 e. The van der Waals surface area contributed by atoms with E-state index in [0.717, 1.165) is 6.54 Å². The third-order valence-electron chi connectivity index (χ3n) is 4.09. The van der Waals surface area contributed by atoms with Crippen molar-refractivity contribution in [3.63, 3.8) is 0 Å². The summed E-state index contributed by atoms with van der Waals surface area (Å²) in [5, 5.41) is 6.23. The zero-order valence-electron chi connectivity index (χ0n) is 12.0. The molecule has 0 bridgehead atoms. The van der Waals surface area contributed by atoms with E-state index in [-0.39, 0.29) is 5.41 Å². The van der Waals surface area contributed by atoms with Crippen LogP contribution in [0, 0.1) is 0 Å². The first-order chi connectivity index (χ1) is 9.05. The number of pyridine rings is 1. The summed E-state index contributed by atoms with van der Waals surface area (Å²) in [4.78, 5) is 4.31. The van der Waals surface area contributed by atoms with Crippen molar-refractivity contribution in [3.8, 4) is 0 Å². The molecule has 2 heteroatoms. The summed E-state index contributed by atoms with van der Waals surface area (Å²) in [6.07, 6.45) is 6.40. The van der Waals surface area contributed by atoms with E-state index in [1.54, 1.807) is 0 Å². The summed E-state index contributed by atoms with van der Waals surface area (Å²) in [5.74, 6) is 0. The van der Waals surface area contributed by atoms with Gasteiger partial charge in [0.05, 0.1) is 0 Å². The lowest BCUT2D eigenvalue weighted by Gasteiger charge is -2.23. The third-order valence-corrected chi connectivity index (χ3v) is 4.09. The molecule has 1 atom stereocenters. The van der Waals surface area contributed by atoms with Gasteiger partial charge >= 0.3 is 0 Å². The van der Waals surface area contributed by atoms with Gasteiger partial charge in [-0.05, 0) is 47.4 Å². The van der Waals surface area contributed by atoms with E-state index in [9.17, 15) is 0 Å². The summed E-state index contributed by atoms with van der Waals surface area (Å²) in [6.45, 7) is 7.97. The number of fused-ring (bicyclic) bond motifs is 1. The molecule has 0 radical (unpaired) electrons. The van der Waals surface area contributed by atoms with Crippen LogP contribution in [0.1, 0.15) is 50.8 Å². The second kappa shape index (κ2) is 4.61. The predicted octanol–water partition coefficient (Wildman–Crippen LogP) is 3.96. The zero-order valence-corrected chi connectivity index (χ0v) is 12.0. The number of nitrogens with one attached hydrogen (secondary N) is 1. The molecule has 3 rings (SSSR count). The molecular formula is C17H22N2. The van der Waals surface area contributed by atoms with Crippen LogP contribution in [0.5, 0.6) is 0 Å². The first-order valence-corrected chi connectivity index (χ1v) is 7.17. The van der Waals surface area contributed by atoms with Gasteiger partial charge in [-0.3, -0.25) is 4.98 Å². The third kappa shape index (κ3) is 2.37. The molecule has 2 nitrogen and oxygen atoms in total. The second-order valence-electron chi connectivity index (χ2n) is 6.56. The van der Waals surface area contributed by atoms with E-state index in [1.165, 1.54) is 34.7 Å². The van der Waals surface area contributed by atoms with Crippen LogP contribution in [-0.4, -0.2) is 11.5 Å². The molecule has 1 unspecified atom stereocenters. The number of hydrogen-bond donors (Lipinski definition) is 1. The molecular weight excluding hydrogens is 232 g/mol. The summed E-state index contributed by atoms with van der Waals surface area (Å²) in [7, 11) is 0. The minimum atomic E-state index is 0.185. The van der Waals surface area contributed by atoms with Crippen molar-refractivity contribution in [2.75, 3.05) is 6.54 Å². The van der Waals surface area contributed by atoms with Crippen LogP contribution in [0.25, 0.3) is 10.8 Å². The fourth-order valence-electron chi connectivity index (χ4n) is 2.90. The van der Waals surface area contributed by atoms with E-state index in [4.69, 9.17) is 0 Å². The number of rotatable bonds is 1. The molecule has 1 aromatic carbocycles. The normalized spacial score (nSPS) is 20.1. The number of hydrogen-bond acceptors (Lipinski definition) is 2. The van der Waals surface area contributed by atoms with Gasteiger partial charge in [-0.1, -0.05) is 32.9 Å². The van der Waals surface area contributed by atoms with Crippen molar-refractivity contribution in [2.45, 2.75) is 45.1 Å². The maximum Gasteiger partial charge on any atom is 0.0349 e. The fraction of sp³-hybridized carbons (Fsp3) is 0.471. The first-order valence-electron chi connectivity index (χ1n) is 7.17. The van der Waals surface area contributed by atoms with Crippen LogP contribution in [0.2, 0.25) is 0 Å². The van der Waals surface area contributed by atoms with Gasteiger partial charge in [0, 0.05) is 23.8 Å². The SMILES string of the molecule is CC(C)(C)c1cc(C2CCCN2)c2cnccc2c1. The Morgan fingerprint density at radius 1 is 1.26 bits per heavy atom. The molecule has 1 fully saturated rings. The molecule has 0 spiro atoms. The van der Waals surface area contributed by atoms with Crippen LogP contribution in [0.15, 0.2) is 30.6 Å². The van der Waals surface area contributed by atoms with Gasteiger partial charge in [0.25, 0.3) is 0 Å². The van der Waals surface area contributed by atoms with Gasteiger partial charge < -0.3 is 5.32 Å². The van der Waals surface area contributed by atoms with E-state index in [0.29, 0.717) is 6.04 Å². The molecule has 19 heavy (non-hydrogen) atoms. The van der Waals surface area contributed by atoms with Crippen molar-refractivity contribution >= 4 is 10.8 Å². The van der Waals surface area contributed by atoms with E-state index >= 15 is 0 Å². The molecule has 1 aliphatic heterocycles. The van der Waals surface area contributed by atoms with Crippen molar-refractivity contribution < 1.29 is 0 Å². The molecule has 1 aromatic heterocycles. The Hall–Kier alpha value is -1.41. The standard InChI is InChI=1S/C17H22N2/c1-17(2,3)13-9-12-6-8-18-11-15(12)14(10-13)16-5-4-7-19-16/h6,8-11,16,19H,4-5,7H2,1-3H3. The van der Waals surface area contributed by atoms with E-state index < -0.39 is 0 Å². The molecule has 1 saturated heterocycles. The summed E-state index contributed by atoms with van der Waals surface area (Å²) in [5.41, 5.74) is 3.02. The number of aromatic nitrogens is 1. The molecule has 0 saturated carbocycles. The molecule has 0 aliphatic carbocycles. The lowest BCUT2D eigenvalue weighted by Crippen LogP contribution is -2.16. The minimum absolute atomic E-state index is 0.185.